The average molecular weight is 286 g/mol. The van der Waals surface area contributed by atoms with E-state index in [-0.39, 0.29) is 11.9 Å². The normalized spacial score (nSPS) is 19.2. The van der Waals surface area contributed by atoms with Gasteiger partial charge in [-0.1, -0.05) is 12.1 Å². The third-order valence-electron chi connectivity index (χ3n) is 4.44. The molecule has 2 heterocycles. The molecule has 0 aliphatic carbocycles. The molecule has 1 aliphatic rings. The molecule has 3 rings (SSSR count). The highest BCUT2D eigenvalue weighted by molar-refractivity contribution is 6.00. The van der Waals surface area contributed by atoms with E-state index in [0.717, 1.165) is 47.3 Å². The second-order valence-corrected chi connectivity index (χ2v) is 6.01. The summed E-state index contributed by atoms with van der Waals surface area (Å²) in [5.74, 6) is 0.507. The Morgan fingerprint density at radius 2 is 2.00 bits per heavy atom. The molecule has 0 spiro atoms. The monoisotopic (exact) mass is 286 g/mol. The Hall–Kier alpha value is -1.81. The second-order valence-electron chi connectivity index (χ2n) is 6.01. The zero-order valence-electron chi connectivity index (χ0n) is 13.1. The highest BCUT2D eigenvalue weighted by atomic mass is 16.3. The van der Waals surface area contributed by atoms with Gasteiger partial charge in [0.25, 0.3) is 5.91 Å². The first kappa shape index (κ1) is 14.1. The van der Waals surface area contributed by atoms with Crippen molar-refractivity contribution in [2.24, 2.45) is 0 Å². The number of carbonyl (C=O) groups excluding carboxylic acids is 1. The zero-order valence-corrected chi connectivity index (χ0v) is 13.1. The van der Waals surface area contributed by atoms with E-state index >= 15 is 0 Å². The lowest BCUT2D eigenvalue weighted by Crippen LogP contribution is -2.52. The van der Waals surface area contributed by atoms with E-state index < -0.39 is 0 Å². The average Bonchev–Trinajstić information content (AvgIpc) is 2.82. The Bertz CT molecular complexity index is 702. The van der Waals surface area contributed by atoms with Crippen LogP contribution in [0.3, 0.4) is 0 Å². The summed E-state index contributed by atoms with van der Waals surface area (Å²) in [4.78, 5) is 14.7. The van der Waals surface area contributed by atoms with Crippen molar-refractivity contribution in [3.8, 4) is 0 Å². The molecule has 1 aromatic carbocycles. The van der Waals surface area contributed by atoms with Crippen molar-refractivity contribution in [1.29, 1.82) is 0 Å². The summed E-state index contributed by atoms with van der Waals surface area (Å²) in [5, 5.41) is 4.39. The molecule has 0 bridgehead atoms. The van der Waals surface area contributed by atoms with Crippen LogP contribution in [-0.2, 0) is 0 Å². The van der Waals surface area contributed by atoms with E-state index in [1.165, 1.54) is 0 Å². The second kappa shape index (κ2) is 5.19. The zero-order chi connectivity index (χ0) is 15.1. The van der Waals surface area contributed by atoms with Gasteiger partial charge in [-0.3, -0.25) is 4.79 Å². The van der Waals surface area contributed by atoms with Crippen LogP contribution in [0.2, 0.25) is 0 Å². The third kappa shape index (κ3) is 2.23. The SMILES string of the molecule is Cc1ccc(C)c2c(C)c(C(=O)N3CCNC[C@@H]3C)oc12. The number of nitrogens with one attached hydrogen (secondary N) is 1. The molecule has 1 fully saturated rings. The number of hydrogen-bond acceptors (Lipinski definition) is 3. The minimum Gasteiger partial charge on any atom is -0.450 e. The van der Waals surface area contributed by atoms with Crippen LogP contribution in [0.15, 0.2) is 16.5 Å². The van der Waals surface area contributed by atoms with Crippen molar-refractivity contribution in [2.75, 3.05) is 19.6 Å². The summed E-state index contributed by atoms with van der Waals surface area (Å²) in [7, 11) is 0. The summed E-state index contributed by atoms with van der Waals surface area (Å²) < 4.78 is 5.96. The third-order valence-corrected chi connectivity index (χ3v) is 4.44. The topological polar surface area (TPSA) is 45.5 Å². The summed E-state index contributed by atoms with van der Waals surface area (Å²) >= 11 is 0. The maximum atomic E-state index is 12.8. The van der Waals surface area contributed by atoms with E-state index in [1.807, 2.05) is 24.8 Å². The maximum Gasteiger partial charge on any atom is 0.290 e. The molecule has 1 aliphatic heterocycles. The number of rotatable bonds is 1. The summed E-state index contributed by atoms with van der Waals surface area (Å²) in [5.41, 5.74) is 4.04. The van der Waals surface area contributed by atoms with Gasteiger partial charge in [0.1, 0.15) is 5.58 Å². The van der Waals surface area contributed by atoms with Crippen LogP contribution in [0.4, 0.5) is 0 Å². The first-order chi connectivity index (χ1) is 10.0. The number of nitrogens with zero attached hydrogens (tertiary/aromatic N) is 1. The minimum atomic E-state index is 0.0106. The highest BCUT2D eigenvalue weighted by Gasteiger charge is 2.29. The minimum absolute atomic E-state index is 0.0106. The smallest absolute Gasteiger partial charge is 0.290 e. The molecule has 2 aromatic rings. The summed E-state index contributed by atoms with van der Waals surface area (Å²) in [6.45, 7) is 10.5. The number of amides is 1. The van der Waals surface area contributed by atoms with Crippen LogP contribution in [0.1, 0.15) is 34.2 Å². The van der Waals surface area contributed by atoms with Gasteiger partial charge in [-0.2, -0.15) is 0 Å². The van der Waals surface area contributed by atoms with E-state index in [4.69, 9.17) is 4.42 Å². The van der Waals surface area contributed by atoms with E-state index in [2.05, 4.69) is 25.2 Å². The van der Waals surface area contributed by atoms with Crippen molar-refractivity contribution >= 4 is 16.9 Å². The van der Waals surface area contributed by atoms with Crippen molar-refractivity contribution in [1.82, 2.24) is 10.2 Å². The van der Waals surface area contributed by atoms with Crippen LogP contribution in [0.25, 0.3) is 11.0 Å². The molecule has 0 radical (unpaired) electrons. The lowest BCUT2D eigenvalue weighted by Gasteiger charge is -2.33. The van der Waals surface area contributed by atoms with Gasteiger partial charge in [0.15, 0.2) is 5.76 Å². The number of furan rings is 1. The molecule has 21 heavy (non-hydrogen) atoms. The van der Waals surface area contributed by atoms with Crippen molar-refractivity contribution in [3.05, 3.63) is 34.6 Å². The summed E-state index contributed by atoms with van der Waals surface area (Å²) in [6, 6.07) is 4.32. The molecule has 112 valence electrons. The number of benzene rings is 1. The Labute approximate surface area is 125 Å². The number of fused-ring (bicyclic) bond motifs is 1. The molecule has 1 saturated heterocycles. The van der Waals surface area contributed by atoms with E-state index in [0.29, 0.717) is 5.76 Å². The molecular formula is C17H22N2O2. The fraction of sp³-hybridized carbons (Fsp3) is 0.471. The van der Waals surface area contributed by atoms with E-state index in [1.54, 1.807) is 0 Å². The molecule has 4 heteroatoms. The Kier molecular flexibility index (Phi) is 3.49. The molecular weight excluding hydrogens is 264 g/mol. The van der Waals surface area contributed by atoms with E-state index in [9.17, 15) is 4.79 Å². The van der Waals surface area contributed by atoms with Crippen molar-refractivity contribution < 1.29 is 9.21 Å². The van der Waals surface area contributed by atoms with Crippen LogP contribution in [-0.4, -0.2) is 36.5 Å². The number of carbonyl (C=O) groups is 1. The number of aryl methyl sites for hydroxylation is 3. The van der Waals surface area contributed by atoms with Crippen LogP contribution >= 0.6 is 0 Å². The molecule has 1 aromatic heterocycles. The number of hydrogen-bond donors (Lipinski definition) is 1. The predicted octanol–water partition coefficient (Wildman–Crippen LogP) is 2.79. The Morgan fingerprint density at radius 3 is 2.67 bits per heavy atom. The van der Waals surface area contributed by atoms with Gasteiger partial charge in [-0.05, 0) is 38.8 Å². The van der Waals surface area contributed by atoms with Crippen molar-refractivity contribution in [3.63, 3.8) is 0 Å². The van der Waals surface area contributed by atoms with Crippen LogP contribution < -0.4 is 5.32 Å². The van der Waals surface area contributed by atoms with Gasteiger partial charge >= 0.3 is 0 Å². The fourth-order valence-corrected chi connectivity index (χ4v) is 3.15. The standard InChI is InChI=1S/C17H22N2O2/c1-10-5-6-11(2)15-14(10)13(4)16(21-15)17(20)19-8-7-18-9-12(19)3/h5-6,12,18H,7-9H2,1-4H3/t12-/m0/s1. The molecule has 4 nitrogen and oxygen atoms in total. The lowest BCUT2D eigenvalue weighted by molar-refractivity contribution is 0.0624. The quantitative estimate of drug-likeness (QED) is 0.877. The van der Waals surface area contributed by atoms with Gasteiger partial charge in [-0.25, -0.2) is 0 Å². The first-order valence-corrected chi connectivity index (χ1v) is 7.51. The number of piperazine rings is 1. The van der Waals surface area contributed by atoms with Gasteiger partial charge in [0.05, 0.1) is 0 Å². The molecule has 0 unspecified atom stereocenters. The van der Waals surface area contributed by atoms with Gasteiger partial charge in [0, 0.05) is 36.6 Å². The Morgan fingerprint density at radius 1 is 1.29 bits per heavy atom. The largest absolute Gasteiger partial charge is 0.450 e. The molecule has 0 saturated carbocycles. The highest BCUT2D eigenvalue weighted by Crippen LogP contribution is 2.31. The predicted molar refractivity (Wildman–Crippen MR) is 83.8 cm³/mol. The molecule has 1 N–H and O–H groups in total. The maximum absolute atomic E-state index is 12.8. The van der Waals surface area contributed by atoms with Gasteiger partial charge in [-0.15, -0.1) is 0 Å². The van der Waals surface area contributed by atoms with Crippen LogP contribution in [0.5, 0.6) is 0 Å². The van der Waals surface area contributed by atoms with Crippen LogP contribution in [0, 0.1) is 20.8 Å². The lowest BCUT2D eigenvalue weighted by atomic mass is 10.0. The van der Waals surface area contributed by atoms with Gasteiger partial charge in [0.2, 0.25) is 0 Å². The molecule has 1 amide bonds. The molecule has 1 atom stereocenters. The van der Waals surface area contributed by atoms with Crippen molar-refractivity contribution in [2.45, 2.75) is 33.7 Å². The first-order valence-electron chi connectivity index (χ1n) is 7.51. The summed E-state index contributed by atoms with van der Waals surface area (Å²) in [6.07, 6.45) is 0. The van der Waals surface area contributed by atoms with Gasteiger partial charge < -0.3 is 14.6 Å². The Balaban J connectivity index is 2.08. The fourth-order valence-electron chi connectivity index (χ4n) is 3.15.